The van der Waals surface area contributed by atoms with Gasteiger partial charge in [-0.1, -0.05) is 43.2 Å². The minimum atomic E-state index is -0.835. The van der Waals surface area contributed by atoms with Gasteiger partial charge >= 0.3 is 0 Å². The molecule has 2 aliphatic heterocycles. The van der Waals surface area contributed by atoms with E-state index in [1.54, 1.807) is 0 Å². The fraction of sp³-hybridized carbons (Fsp3) is 0.346. The lowest BCUT2D eigenvalue weighted by Crippen LogP contribution is -2.43. The smallest absolute Gasteiger partial charge is 0.259 e. The van der Waals surface area contributed by atoms with Crippen molar-refractivity contribution in [1.29, 1.82) is 0 Å². The number of amidine groups is 2. The summed E-state index contributed by atoms with van der Waals surface area (Å²) in [5, 5.41) is 3.40. The molecular formula is C26H25FN4O3S. The van der Waals surface area contributed by atoms with Gasteiger partial charge in [0.25, 0.3) is 5.91 Å². The molecule has 9 heteroatoms. The third-order valence-corrected chi connectivity index (χ3v) is 7.33. The summed E-state index contributed by atoms with van der Waals surface area (Å²) in [5.74, 6) is -0.641. The Balaban J connectivity index is 1.33. The zero-order valence-electron chi connectivity index (χ0n) is 19.1. The van der Waals surface area contributed by atoms with Crippen LogP contribution in [0.1, 0.15) is 54.4 Å². The van der Waals surface area contributed by atoms with Crippen molar-refractivity contribution in [3.8, 4) is 0 Å². The third kappa shape index (κ3) is 5.05. The number of aliphatic imine (C=N–C) groups is 2. The SMILES string of the molecule is O=C(C[C@@H]1N=C2c3ccccc3N=C(SCC(=O)c3ccc(F)cc3)N2C1=O)NC1CCCCC1. The van der Waals surface area contributed by atoms with Crippen molar-refractivity contribution in [1.82, 2.24) is 10.2 Å². The number of rotatable bonds is 6. The van der Waals surface area contributed by atoms with Gasteiger partial charge in [-0.05, 0) is 49.2 Å². The molecule has 0 aromatic heterocycles. The molecule has 2 aromatic carbocycles. The van der Waals surface area contributed by atoms with Gasteiger partial charge in [-0.15, -0.1) is 0 Å². The molecule has 2 heterocycles. The van der Waals surface area contributed by atoms with Gasteiger partial charge in [0.05, 0.1) is 17.9 Å². The standard InChI is InChI=1S/C26H25FN4O3S/c27-17-12-10-16(11-13-17)22(32)15-35-26-30-20-9-5-4-8-19(20)24-29-21(25(34)31(24)26)14-23(33)28-18-6-2-1-3-7-18/h4-5,8-13,18,21H,1-3,6-7,14-15H2,(H,28,33)/t21-/m0/s1. The van der Waals surface area contributed by atoms with E-state index in [1.165, 1.54) is 35.6 Å². The quantitative estimate of drug-likeness (QED) is 0.611. The summed E-state index contributed by atoms with van der Waals surface area (Å²) >= 11 is 1.13. The van der Waals surface area contributed by atoms with Gasteiger partial charge in [-0.25, -0.2) is 14.3 Å². The summed E-state index contributed by atoms with van der Waals surface area (Å²) in [6.07, 6.45) is 5.31. The summed E-state index contributed by atoms with van der Waals surface area (Å²) in [6.45, 7) is 0. The Hall–Kier alpha value is -3.33. The average molecular weight is 493 g/mol. The van der Waals surface area contributed by atoms with E-state index in [-0.39, 0.29) is 35.8 Å². The summed E-state index contributed by atoms with van der Waals surface area (Å²) in [6, 6.07) is 12.0. The first-order valence-corrected chi connectivity index (χ1v) is 12.8. The lowest BCUT2D eigenvalue weighted by Gasteiger charge is -2.25. The number of hydrogen-bond acceptors (Lipinski definition) is 6. The Bertz CT molecular complexity index is 1220. The van der Waals surface area contributed by atoms with E-state index in [1.807, 2.05) is 24.3 Å². The first-order chi connectivity index (χ1) is 17.0. The van der Waals surface area contributed by atoms with Crippen LogP contribution in [0.5, 0.6) is 0 Å². The van der Waals surface area contributed by atoms with E-state index >= 15 is 0 Å². The van der Waals surface area contributed by atoms with E-state index in [0.717, 1.165) is 37.4 Å². The van der Waals surface area contributed by atoms with E-state index in [0.29, 0.717) is 27.8 Å². The molecule has 1 atom stereocenters. The number of thioether (sulfide) groups is 1. The summed E-state index contributed by atoms with van der Waals surface area (Å²) < 4.78 is 13.2. The molecule has 7 nitrogen and oxygen atoms in total. The maximum atomic E-state index is 13.4. The van der Waals surface area contributed by atoms with Crippen LogP contribution in [-0.4, -0.2) is 51.3 Å². The Kier molecular flexibility index (Phi) is 6.77. The zero-order valence-corrected chi connectivity index (χ0v) is 19.9. The number of carbonyl (C=O) groups excluding carboxylic acids is 3. The van der Waals surface area contributed by atoms with Crippen LogP contribution in [0.2, 0.25) is 0 Å². The topological polar surface area (TPSA) is 91.2 Å². The van der Waals surface area contributed by atoms with Crippen LogP contribution in [0, 0.1) is 5.82 Å². The molecule has 3 aliphatic rings. The van der Waals surface area contributed by atoms with E-state index in [2.05, 4.69) is 15.3 Å². The highest BCUT2D eigenvalue weighted by molar-refractivity contribution is 8.14. The first-order valence-electron chi connectivity index (χ1n) is 11.8. The molecule has 0 saturated heterocycles. The fourth-order valence-electron chi connectivity index (χ4n) is 4.59. The van der Waals surface area contributed by atoms with Crippen molar-refractivity contribution in [3.63, 3.8) is 0 Å². The van der Waals surface area contributed by atoms with Crippen molar-refractivity contribution < 1.29 is 18.8 Å². The van der Waals surface area contributed by atoms with Crippen molar-refractivity contribution in [3.05, 3.63) is 65.5 Å². The Labute approximate surface area is 206 Å². The van der Waals surface area contributed by atoms with Crippen molar-refractivity contribution in [2.75, 3.05) is 5.75 Å². The molecular weight excluding hydrogens is 467 g/mol. The molecule has 0 spiro atoms. The number of nitrogens with one attached hydrogen (secondary N) is 1. The van der Waals surface area contributed by atoms with Crippen LogP contribution >= 0.6 is 11.8 Å². The maximum absolute atomic E-state index is 13.4. The van der Waals surface area contributed by atoms with Crippen molar-refractivity contribution in [2.24, 2.45) is 9.98 Å². The van der Waals surface area contributed by atoms with Gasteiger partial charge in [-0.3, -0.25) is 19.4 Å². The summed E-state index contributed by atoms with van der Waals surface area (Å²) in [4.78, 5) is 49.3. The molecule has 0 unspecified atom stereocenters. The van der Waals surface area contributed by atoms with Gasteiger partial charge in [-0.2, -0.15) is 0 Å². The average Bonchev–Trinajstić information content (AvgIpc) is 3.19. The normalized spacial score (nSPS) is 19.5. The summed E-state index contributed by atoms with van der Waals surface area (Å²) in [5.41, 5.74) is 1.75. The zero-order chi connectivity index (χ0) is 24.4. The van der Waals surface area contributed by atoms with Crippen LogP contribution in [0.15, 0.2) is 58.5 Å². The van der Waals surface area contributed by atoms with Crippen LogP contribution in [0.3, 0.4) is 0 Å². The largest absolute Gasteiger partial charge is 0.353 e. The van der Waals surface area contributed by atoms with Gasteiger partial charge in [0.15, 0.2) is 11.0 Å². The second kappa shape index (κ2) is 10.1. The highest BCUT2D eigenvalue weighted by Crippen LogP contribution is 2.34. The van der Waals surface area contributed by atoms with Crippen LogP contribution in [-0.2, 0) is 9.59 Å². The van der Waals surface area contributed by atoms with Gasteiger partial charge in [0.2, 0.25) is 5.91 Å². The molecule has 0 radical (unpaired) electrons. The van der Waals surface area contributed by atoms with Gasteiger partial charge in [0, 0.05) is 17.2 Å². The minimum Gasteiger partial charge on any atom is -0.353 e. The first kappa shape index (κ1) is 23.4. The molecule has 1 aliphatic carbocycles. The number of para-hydroxylation sites is 1. The second-order valence-electron chi connectivity index (χ2n) is 8.88. The molecule has 35 heavy (non-hydrogen) atoms. The van der Waals surface area contributed by atoms with Gasteiger partial charge < -0.3 is 5.32 Å². The van der Waals surface area contributed by atoms with Crippen LogP contribution in [0.4, 0.5) is 10.1 Å². The second-order valence-corrected chi connectivity index (χ2v) is 9.82. The molecule has 1 fully saturated rings. The van der Waals surface area contributed by atoms with Crippen LogP contribution < -0.4 is 5.32 Å². The van der Waals surface area contributed by atoms with Crippen molar-refractivity contribution in [2.45, 2.75) is 50.6 Å². The minimum absolute atomic E-state index is 0.0239. The number of nitrogens with zero attached hydrogens (tertiary/aromatic N) is 3. The molecule has 180 valence electrons. The number of fused-ring (bicyclic) bond motifs is 3. The number of Topliss-reactive ketones (excluding diaryl/α,β-unsaturated/α-hetero) is 1. The molecule has 1 N–H and O–H groups in total. The lowest BCUT2D eigenvalue weighted by atomic mass is 9.95. The highest BCUT2D eigenvalue weighted by Gasteiger charge is 2.42. The Morgan fingerprint density at radius 3 is 2.57 bits per heavy atom. The van der Waals surface area contributed by atoms with Crippen molar-refractivity contribution >= 4 is 46.1 Å². The van der Waals surface area contributed by atoms with Crippen LogP contribution in [0.25, 0.3) is 0 Å². The van der Waals surface area contributed by atoms with E-state index < -0.39 is 11.9 Å². The molecule has 5 rings (SSSR count). The van der Waals surface area contributed by atoms with Gasteiger partial charge in [0.1, 0.15) is 17.7 Å². The number of amides is 2. The molecule has 0 bridgehead atoms. The van der Waals surface area contributed by atoms with E-state index in [9.17, 15) is 18.8 Å². The molecule has 2 amide bonds. The number of ketones is 1. The number of benzene rings is 2. The van der Waals surface area contributed by atoms with E-state index in [4.69, 9.17) is 0 Å². The molecule has 1 saturated carbocycles. The third-order valence-electron chi connectivity index (χ3n) is 6.40. The lowest BCUT2D eigenvalue weighted by molar-refractivity contribution is -0.129. The number of halogens is 1. The summed E-state index contributed by atoms with van der Waals surface area (Å²) in [7, 11) is 0. The fourth-order valence-corrected chi connectivity index (χ4v) is 5.49. The Morgan fingerprint density at radius 2 is 1.80 bits per heavy atom. The highest BCUT2D eigenvalue weighted by atomic mass is 32.2. The number of carbonyl (C=O) groups is 3. The molecule has 2 aromatic rings. The predicted molar refractivity (Wildman–Crippen MR) is 134 cm³/mol. The Morgan fingerprint density at radius 1 is 1.06 bits per heavy atom. The monoisotopic (exact) mass is 492 g/mol. The maximum Gasteiger partial charge on any atom is 0.259 e. The number of hydrogen-bond donors (Lipinski definition) is 1. The predicted octanol–water partition coefficient (Wildman–Crippen LogP) is 4.24.